The zero-order valence-electron chi connectivity index (χ0n) is 13.4. The van der Waals surface area contributed by atoms with E-state index in [1.54, 1.807) is 30.3 Å². The molecule has 0 spiro atoms. The molecule has 4 rings (SSSR count). The van der Waals surface area contributed by atoms with E-state index < -0.39 is 0 Å². The Morgan fingerprint density at radius 1 is 0.920 bits per heavy atom. The highest BCUT2D eigenvalue weighted by atomic mass is 35.5. The maximum absolute atomic E-state index is 12.7. The van der Waals surface area contributed by atoms with E-state index in [1.807, 2.05) is 11.0 Å². The minimum Gasteiger partial charge on any atom is -0.454 e. The highest BCUT2D eigenvalue weighted by molar-refractivity contribution is 6.35. The summed E-state index contributed by atoms with van der Waals surface area (Å²) in [6, 6.07) is 10.7. The molecular weight excluding hydrogens is 363 g/mol. The van der Waals surface area contributed by atoms with Crippen molar-refractivity contribution in [3.05, 3.63) is 52.0 Å². The van der Waals surface area contributed by atoms with E-state index in [9.17, 15) is 4.79 Å². The number of carbonyl (C=O) groups excluding carboxylic acids is 1. The van der Waals surface area contributed by atoms with Gasteiger partial charge >= 0.3 is 0 Å². The minimum atomic E-state index is -0.00450. The Bertz CT molecular complexity index is 820. The van der Waals surface area contributed by atoms with Gasteiger partial charge in [0.2, 0.25) is 6.79 Å². The number of amides is 1. The van der Waals surface area contributed by atoms with E-state index in [2.05, 4.69) is 4.90 Å². The Morgan fingerprint density at radius 3 is 2.48 bits per heavy atom. The van der Waals surface area contributed by atoms with Crippen LogP contribution in [0.2, 0.25) is 10.0 Å². The lowest BCUT2D eigenvalue weighted by molar-refractivity contribution is 0.0746. The lowest BCUT2D eigenvalue weighted by Crippen LogP contribution is -2.48. The van der Waals surface area contributed by atoms with Crippen LogP contribution in [-0.2, 0) is 0 Å². The van der Waals surface area contributed by atoms with Crippen LogP contribution < -0.4 is 14.4 Å². The molecule has 25 heavy (non-hydrogen) atoms. The molecule has 2 aromatic carbocycles. The Hall–Kier alpha value is -2.11. The van der Waals surface area contributed by atoms with Crippen LogP contribution in [0.15, 0.2) is 36.4 Å². The number of rotatable bonds is 2. The van der Waals surface area contributed by atoms with Crippen LogP contribution in [0.5, 0.6) is 11.5 Å². The third kappa shape index (κ3) is 3.22. The molecular formula is C18H16Cl2N2O3. The van der Waals surface area contributed by atoms with Crippen LogP contribution in [0.4, 0.5) is 5.69 Å². The molecule has 2 aliphatic heterocycles. The number of benzene rings is 2. The molecule has 1 amide bonds. The van der Waals surface area contributed by atoms with Gasteiger partial charge in [0.1, 0.15) is 0 Å². The predicted molar refractivity (Wildman–Crippen MR) is 97.1 cm³/mol. The molecule has 2 aliphatic rings. The molecule has 0 bridgehead atoms. The predicted octanol–water partition coefficient (Wildman–Crippen LogP) is 3.68. The van der Waals surface area contributed by atoms with Gasteiger partial charge < -0.3 is 19.3 Å². The first-order valence-electron chi connectivity index (χ1n) is 8.01. The van der Waals surface area contributed by atoms with Gasteiger partial charge in [0.15, 0.2) is 11.5 Å². The lowest BCUT2D eigenvalue weighted by atomic mass is 10.1. The van der Waals surface area contributed by atoms with E-state index in [-0.39, 0.29) is 12.7 Å². The molecule has 5 nitrogen and oxygen atoms in total. The summed E-state index contributed by atoms with van der Waals surface area (Å²) in [6.45, 7) is 2.85. The number of ether oxygens (including phenoxy) is 2. The molecule has 0 unspecified atom stereocenters. The van der Waals surface area contributed by atoms with Crippen molar-refractivity contribution < 1.29 is 14.3 Å². The maximum Gasteiger partial charge on any atom is 0.254 e. The fraction of sp³-hybridized carbons (Fsp3) is 0.278. The van der Waals surface area contributed by atoms with Crippen LogP contribution >= 0.6 is 23.2 Å². The number of carbonyl (C=O) groups is 1. The summed E-state index contributed by atoms with van der Waals surface area (Å²) < 4.78 is 10.6. The third-order valence-electron chi connectivity index (χ3n) is 4.44. The number of halogens is 2. The Labute approximate surface area is 155 Å². The topological polar surface area (TPSA) is 42.0 Å². The number of piperazine rings is 1. The van der Waals surface area contributed by atoms with Gasteiger partial charge in [-0.25, -0.2) is 0 Å². The fourth-order valence-electron chi connectivity index (χ4n) is 3.09. The van der Waals surface area contributed by atoms with Crippen LogP contribution in [0.3, 0.4) is 0 Å². The minimum absolute atomic E-state index is 0.00450. The van der Waals surface area contributed by atoms with Gasteiger partial charge in [0.05, 0.1) is 10.7 Å². The van der Waals surface area contributed by atoms with Crippen LogP contribution in [0.25, 0.3) is 0 Å². The van der Waals surface area contributed by atoms with Crippen molar-refractivity contribution in [2.24, 2.45) is 0 Å². The number of fused-ring (bicyclic) bond motifs is 1. The molecule has 130 valence electrons. The third-order valence-corrected chi connectivity index (χ3v) is 4.99. The second-order valence-corrected chi connectivity index (χ2v) is 6.79. The van der Waals surface area contributed by atoms with Gasteiger partial charge in [0.25, 0.3) is 5.91 Å². The summed E-state index contributed by atoms with van der Waals surface area (Å²) in [6.07, 6.45) is 0. The van der Waals surface area contributed by atoms with Crippen molar-refractivity contribution in [3.8, 4) is 11.5 Å². The number of hydrogen-bond donors (Lipinski definition) is 0. The summed E-state index contributed by atoms with van der Waals surface area (Å²) in [5.74, 6) is 1.29. The summed E-state index contributed by atoms with van der Waals surface area (Å²) in [5, 5.41) is 1.32. The molecule has 0 aliphatic carbocycles. The Balaban J connectivity index is 1.45. The van der Waals surface area contributed by atoms with Gasteiger partial charge in [-0.15, -0.1) is 0 Å². The largest absolute Gasteiger partial charge is 0.454 e. The van der Waals surface area contributed by atoms with Crippen LogP contribution in [-0.4, -0.2) is 43.8 Å². The van der Waals surface area contributed by atoms with E-state index in [4.69, 9.17) is 32.7 Å². The molecule has 0 atom stereocenters. The average molecular weight is 379 g/mol. The Morgan fingerprint density at radius 2 is 1.68 bits per heavy atom. The zero-order valence-corrected chi connectivity index (χ0v) is 14.9. The van der Waals surface area contributed by atoms with Gasteiger partial charge in [-0.05, 0) is 36.4 Å². The van der Waals surface area contributed by atoms with E-state index >= 15 is 0 Å². The lowest BCUT2D eigenvalue weighted by Gasteiger charge is -2.36. The molecule has 7 heteroatoms. The smallest absolute Gasteiger partial charge is 0.254 e. The van der Waals surface area contributed by atoms with E-state index in [0.717, 1.165) is 5.69 Å². The summed E-state index contributed by atoms with van der Waals surface area (Å²) >= 11 is 12.3. The zero-order chi connectivity index (χ0) is 17.4. The van der Waals surface area contributed by atoms with Crippen LogP contribution in [0, 0.1) is 0 Å². The fourth-order valence-corrected chi connectivity index (χ4v) is 3.49. The highest BCUT2D eigenvalue weighted by Crippen LogP contribution is 2.33. The second-order valence-electron chi connectivity index (χ2n) is 5.94. The van der Waals surface area contributed by atoms with Crippen molar-refractivity contribution in [2.45, 2.75) is 0 Å². The molecule has 0 radical (unpaired) electrons. The second kappa shape index (κ2) is 6.65. The molecule has 0 saturated carbocycles. The molecule has 2 heterocycles. The first kappa shape index (κ1) is 16.4. The summed E-state index contributed by atoms with van der Waals surface area (Å²) in [5.41, 5.74) is 1.52. The average Bonchev–Trinajstić information content (AvgIpc) is 3.11. The standard InChI is InChI=1S/C18H16Cl2N2O3/c19-13-2-3-14(20)15(10-13)21-5-7-22(8-6-21)18(23)12-1-4-16-17(9-12)25-11-24-16/h1-4,9-10H,5-8,11H2. The Kier molecular flexibility index (Phi) is 4.36. The van der Waals surface area contributed by atoms with Crippen molar-refractivity contribution in [1.82, 2.24) is 4.90 Å². The normalized spacial score (nSPS) is 16.2. The molecule has 0 N–H and O–H groups in total. The highest BCUT2D eigenvalue weighted by Gasteiger charge is 2.25. The molecule has 1 saturated heterocycles. The number of anilines is 1. The van der Waals surface area contributed by atoms with Gasteiger partial charge in [0, 0.05) is 36.8 Å². The number of hydrogen-bond acceptors (Lipinski definition) is 4. The van der Waals surface area contributed by atoms with Crippen molar-refractivity contribution in [1.29, 1.82) is 0 Å². The van der Waals surface area contributed by atoms with Crippen molar-refractivity contribution >= 4 is 34.8 Å². The quantitative estimate of drug-likeness (QED) is 0.799. The van der Waals surface area contributed by atoms with E-state index in [0.29, 0.717) is 53.3 Å². The molecule has 0 aromatic heterocycles. The van der Waals surface area contributed by atoms with Crippen molar-refractivity contribution in [2.75, 3.05) is 37.9 Å². The summed E-state index contributed by atoms with van der Waals surface area (Å²) in [7, 11) is 0. The van der Waals surface area contributed by atoms with E-state index in [1.165, 1.54) is 0 Å². The molecule has 2 aromatic rings. The monoisotopic (exact) mass is 378 g/mol. The van der Waals surface area contributed by atoms with Crippen molar-refractivity contribution in [3.63, 3.8) is 0 Å². The van der Waals surface area contributed by atoms with Crippen LogP contribution in [0.1, 0.15) is 10.4 Å². The first-order chi connectivity index (χ1) is 12.1. The van der Waals surface area contributed by atoms with Gasteiger partial charge in [-0.2, -0.15) is 0 Å². The van der Waals surface area contributed by atoms with Gasteiger partial charge in [-0.3, -0.25) is 4.79 Å². The SMILES string of the molecule is O=C(c1ccc2c(c1)OCO2)N1CCN(c2cc(Cl)ccc2Cl)CC1. The first-order valence-corrected chi connectivity index (χ1v) is 8.76. The summed E-state index contributed by atoms with van der Waals surface area (Å²) in [4.78, 5) is 16.7. The number of nitrogens with zero attached hydrogens (tertiary/aromatic N) is 2. The maximum atomic E-state index is 12.7. The molecule has 1 fully saturated rings. The van der Waals surface area contributed by atoms with Gasteiger partial charge in [-0.1, -0.05) is 23.2 Å².